The number of hydrogen-bond donors (Lipinski definition) is 0. The molecule has 92 valence electrons. The first-order valence-electron chi connectivity index (χ1n) is 5.44. The average molecular weight is 316 g/mol. The summed E-state index contributed by atoms with van der Waals surface area (Å²) in [6, 6.07) is 6.96. The van der Waals surface area contributed by atoms with Crippen LogP contribution in [0.4, 0.5) is 0 Å². The fraction of sp³-hybridized carbons (Fsp3) is 0.333. The van der Waals surface area contributed by atoms with Gasteiger partial charge in [-0.3, -0.25) is 4.31 Å². The summed E-state index contributed by atoms with van der Waals surface area (Å²) < 4.78 is 26.2. The number of sulfonamides is 1. The van der Waals surface area contributed by atoms with Crippen molar-refractivity contribution in [2.24, 2.45) is 0 Å². The Kier molecular flexibility index (Phi) is 3.58. The van der Waals surface area contributed by atoms with Gasteiger partial charge in [0.2, 0.25) is 0 Å². The quantitative estimate of drug-likeness (QED) is 0.841. The van der Waals surface area contributed by atoms with Gasteiger partial charge in [-0.25, -0.2) is 8.42 Å². The van der Waals surface area contributed by atoms with E-state index in [1.165, 1.54) is 4.31 Å². The number of halogens is 1. The van der Waals surface area contributed by atoms with Crippen molar-refractivity contribution in [1.29, 1.82) is 0 Å². The van der Waals surface area contributed by atoms with Gasteiger partial charge in [0.25, 0.3) is 10.0 Å². The molecule has 2 rings (SSSR count). The third kappa shape index (κ3) is 2.40. The molecule has 0 atom stereocenters. The van der Waals surface area contributed by atoms with Crippen LogP contribution in [0.3, 0.4) is 0 Å². The SMILES string of the molecule is Cc1ccc(S(=O)(=O)N2CCC/C2=C\Br)cc1. The number of allylic oxidation sites excluding steroid dienone is 1. The van der Waals surface area contributed by atoms with Gasteiger partial charge in [0.1, 0.15) is 0 Å². The van der Waals surface area contributed by atoms with Gasteiger partial charge >= 0.3 is 0 Å². The lowest BCUT2D eigenvalue weighted by atomic mass is 10.2. The molecule has 1 fully saturated rings. The molecule has 0 spiro atoms. The molecule has 0 radical (unpaired) electrons. The molecular weight excluding hydrogens is 302 g/mol. The number of hydrogen-bond acceptors (Lipinski definition) is 2. The molecule has 0 amide bonds. The minimum absolute atomic E-state index is 0.358. The molecule has 1 aromatic carbocycles. The molecule has 5 heteroatoms. The second-order valence-electron chi connectivity index (χ2n) is 4.09. The van der Waals surface area contributed by atoms with Gasteiger partial charge in [-0.1, -0.05) is 33.6 Å². The highest BCUT2D eigenvalue weighted by molar-refractivity contribution is 9.11. The van der Waals surface area contributed by atoms with Crippen molar-refractivity contribution < 1.29 is 8.42 Å². The number of aryl methyl sites for hydroxylation is 1. The Labute approximate surface area is 110 Å². The van der Waals surface area contributed by atoms with Gasteiger partial charge in [-0.15, -0.1) is 0 Å². The van der Waals surface area contributed by atoms with E-state index < -0.39 is 10.0 Å². The first-order valence-corrected chi connectivity index (χ1v) is 7.80. The van der Waals surface area contributed by atoms with Crippen LogP contribution < -0.4 is 0 Å². The Morgan fingerprint density at radius 3 is 2.53 bits per heavy atom. The lowest BCUT2D eigenvalue weighted by Gasteiger charge is -2.19. The van der Waals surface area contributed by atoms with Crippen LogP contribution in [0.15, 0.2) is 39.8 Å². The summed E-state index contributed by atoms with van der Waals surface area (Å²) in [7, 11) is -3.38. The van der Waals surface area contributed by atoms with Crippen molar-refractivity contribution in [3.05, 3.63) is 40.5 Å². The van der Waals surface area contributed by atoms with Crippen LogP contribution >= 0.6 is 15.9 Å². The van der Waals surface area contributed by atoms with E-state index in [1.807, 2.05) is 19.1 Å². The molecule has 0 aliphatic carbocycles. The highest BCUT2D eigenvalue weighted by Gasteiger charge is 2.29. The Bertz CT molecular complexity index is 534. The van der Waals surface area contributed by atoms with Crippen molar-refractivity contribution >= 4 is 26.0 Å². The predicted molar refractivity (Wildman–Crippen MR) is 71.3 cm³/mol. The number of benzene rings is 1. The second kappa shape index (κ2) is 4.82. The molecule has 1 saturated heterocycles. The molecule has 1 aliphatic rings. The molecule has 3 nitrogen and oxygen atoms in total. The monoisotopic (exact) mass is 315 g/mol. The molecule has 1 aromatic rings. The summed E-state index contributed by atoms with van der Waals surface area (Å²) in [4.78, 5) is 2.06. The van der Waals surface area contributed by atoms with Gasteiger partial charge in [0.05, 0.1) is 4.90 Å². The molecule has 0 bridgehead atoms. The lowest BCUT2D eigenvalue weighted by molar-refractivity contribution is 0.511. The molecule has 1 aliphatic heterocycles. The summed E-state index contributed by atoms with van der Waals surface area (Å²) in [6.07, 6.45) is 1.68. The Balaban J connectivity index is 2.40. The average Bonchev–Trinajstić information content (AvgIpc) is 2.78. The maximum atomic E-state index is 12.4. The van der Waals surface area contributed by atoms with Crippen LogP contribution in [-0.2, 0) is 10.0 Å². The zero-order valence-corrected chi connectivity index (χ0v) is 12.0. The summed E-state index contributed by atoms with van der Waals surface area (Å²) in [5.74, 6) is 0. The molecule has 17 heavy (non-hydrogen) atoms. The minimum atomic E-state index is -3.38. The maximum Gasteiger partial charge on any atom is 0.264 e. The van der Waals surface area contributed by atoms with E-state index in [0.717, 1.165) is 24.1 Å². The van der Waals surface area contributed by atoms with Gasteiger partial charge in [-0.2, -0.15) is 0 Å². The maximum absolute atomic E-state index is 12.4. The van der Waals surface area contributed by atoms with E-state index in [4.69, 9.17) is 0 Å². The van der Waals surface area contributed by atoms with Crippen LogP contribution in [0, 0.1) is 6.92 Å². The van der Waals surface area contributed by atoms with E-state index in [0.29, 0.717) is 11.4 Å². The van der Waals surface area contributed by atoms with Crippen molar-refractivity contribution in [2.45, 2.75) is 24.7 Å². The van der Waals surface area contributed by atoms with Crippen LogP contribution in [0.2, 0.25) is 0 Å². The van der Waals surface area contributed by atoms with E-state index in [1.54, 1.807) is 17.1 Å². The van der Waals surface area contributed by atoms with Gasteiger partial charge in [0.15, 0.2) is 0 Å². The summed E-state index contributed by atoms with van der Waals surface area (Å²) in [5.41, 5.74) is 1.88. The van der Waals surface area contributed by atoms with Crippen LogP contribution in [-0.4, -0.2) is 19.3 Å². The normalized spacial score (nSPS) is 18.9. The first kappa shape index (κ1) is 12.6. The second-order valence-corrected chi connectivity index (χ2v) is 6.41. The highest BCUT2D eigenvalue weighted by Crippen LogP contribution is 2.29. The van der Waals surface area contributed by atoms with Crippen molar-refractivity contribution in [1.82, 2.24) is 4.31 Å². The smallest absolute Gasteiger partial charge is 0.264 e. The van der Waals surface area contributed by atoms with Gasteiger partial charge < -0.3 is 0 Å². The molecule has 0 unspecified atom stereocenters. The summed E-state index contributed by atoms with van der Waals surface area (Å²) in [6.45, 7) is 2.50. The van der Waals surface area contributed by atoms with Crippen LogP contribution in [0.25, 0.3) is 0 Å². The Morgan fingerprint density at radius 1 is 1.29 bits per heavy atom. The molecule has 0 aromatic heterocycles. The topological polar surface area (TPSA) is 37.4 Å². The standard InChI is InChI=1S/C12H14BrNO2S/c1-10-4-6-12(7-5-10)17(15,16)14-8-2-3-11(14)9-13/h4-7,9H,2-3,8H2,1H3/b11-9+. The van der Waals surface area contributed by atoms with Crippen molar-refractivity contribution in [3.63, 3.8) is 0 Å². The largest absolute Gasteiger partial charge is 0.270 e. The van der Waals surface area contributed by atoms with E-state index >= 15 is 0 Å². The Hall–Kier alpha value is -0.810. The third-order valence-corrected chi connectivity index (χ3v) is 5.24. The van der Waals surface area contributed by atoms with Crippen molar-refractivity contribution in [3.8, 4) is 0 Å². The molecule has 1 heterocycles. The zero-order chi connectivity index (χ0) is 12.5. The third-order valence-electron chi connectivity index (χ3n) is 2.85. The van der Waals surface area contributed by atoms with Crippen LogP contribution in [0.1, 0.15) is 18.4 Å². The predicted octanol–water partition coefficient (Wildman–Crippen LogP) is 3.02. The lowest BCUT2D eigenvalue weighted by Crippen LogP contribution is -2.26. The Morgan fingerprint density at radius 2 is 1.94 bits per heavy atom. The van der Waals surface area contributed by atoms with Crippen molar-refractivity contribution in [2.75, 3.05) is 6.54 Å². The minimum Gasteiger partial charge on any atom is -0.270 e. The van der Waals surface area contributed by atoms with Crippen LogP contribution in [0.5, 0.6) is 0 Å². The molecule has 0 saturated carbocycles. The van der Waals surface area contributed by atoms with Gasteiger partial charge in [0, 0.05) is 17.2 Å². The van der Waals surface area contributed by atoms with E-state index in [9.17, 15) is 8.42 Å². The van der Waals surface area contributed by atoms with E-state index in [-0.39, 0.29) is 0 Å². The fourth-order valence-corrected chi connectivity index (χ4v) is 4.06. The number of rotatable bonds is 2. The summed E-state index contributed by atoms with van der Waals surface area (Å²) >= 11 is 3.23. The highest BCUT2D eigenvalue weighted by atomic mass is 79.9. The summed E-state index contributed by atoms with van der Waals surface area (Å²) in [5, 5.41) is 0. The zero-order valence-electron chi connectivity index (χ0n) is 9.56. The fourth-order valence-electron chi connectivity index (χ4n) is 1.89. The van der Waals surface area contributed by atoms with E-state index in [2.05, 4.69) is 15.9 Å². The first-order chi connectivity index (χ1) is 8.05. The molecule has 0 N–H and O–H groups in total. The number of nitrogens with zero attached hydrogens (tertiary/aromatic N) is 1. The van der Waals surface area contributed by atoms with Gasteiger partial charge in [-0.05, 0) is 31.9 Å². The molecular formula is C12H14BrNO2S.